The molecule has 1 aliphatic rings. The molecule has 0 radical (unpaired) electrons. The van der Waals surface area contributed by atoms with Crippen molar-refractivity contribution in [1.82, 2.24) is 10.3 Å². The minimum atomic E-state index is -0.361. The number of carbonyl (C=O) groups excluding carboxylic acids is 2. The number of esters is 1. The summed E-state index contributed by atoms with van der Waals surface area (Å²) < 4.78 is 4.71. The van der Waals surface area contributed by atoms with Gasteiger partial charge in [0.1, 0.15) is 4.88 Å². The van der Waals surface area contributed by atoms with Crippen LogP contribution in [0.1, 0.15) is 21.8 Å². The molecule has 1 amide bonds. The van der Waals surface area contributed by atoms with Crippen molar-refractivity contribution in [2.75, 3.05) is 31.6 Å². The van der Waals surface area contributed by atoms with E-state index < -0.39 is 0 Å². The van der Waals surface area contributed by atoms with Gasteiger partial charge in [0.25, 0.3) is 0 Å². The molecular formula is C11H15N3O3S. The molecule has 0 aromatic carbocycles. The number of anilines is 1. The Morgan fingerprint density at radius 2 is 2.28 bits per heavy atom. The van der Waals surface area contributed by atoms with Crippen molar-refractivity contribution in [3.8, 4) is 0 Å². The lowest BCUT2D eigenvalue weighted by atomic mass is 10.4. The largest absolute Gasteiger partial charge is 0.465 e. The maximum absolute atomic E-state index is 11.5. The lowest BCUT2D eigenvalue weighted by molar-refractivity contribution is -0.120. The monoisotopic (exact) mass is 269 g/mol. The van der Waals surface area contributed by atoms with Gasteiger partial charge in [-0.2, -0.15) is 0 Å². The van der Waals surface area contributed by atoms with E-state index in [0.717, 1.165) is 5.13 Å². The summed E-state index contributed by atoms with van der Waals surface area (Å²) in [7, 11) is 1.36. The third-order valence-corrected chi connectivity index (χ3v) is 3.94. The fourth-order valence-corrected chi connectivity index (χ4v) is 2.79. The van der Waals surface area contributed by atoms with Crippen LogP contribution < -0.4 is 10.2 Å². The Hall–Kier alpha value is -1.63. The number of methoxy groups -OCH3 is 1. The fourth-order valence-electron chi connectivity index (χ4n) is 1.76. The van der Waals surface area contributed by atoms with Gasteiger partial charge in [0.15, 0.2) is 5.13 Å². The fraction of sp³-hybridized carbons (Fsp3) is 0.545. The van der Waals surface area contributed by atoms with Gasteiger partial charge in [-0.3, -0.25) is 4.79 Å². The van der Waals surface area contributed by atoms with Crippen molar-refractivity contribution in [2.45, 2.75) is 13.3 Å². The predicted octanol–water partition coefficient (Wildman–Crippen LogP) is 0.564. The van der Waals surface area contributed by atoms with Crippen LogP contribution in [0, 0.1) is 6.92 Å². The molecule has 18 heavy (non-hydrogen) atoms. The Morgan fingerprint density at radius 1 is 1.50 bits per heavy atom. The summed E-state index contributed by atoms with van der Waals surface area (Å²) in [6, 6.07) is 0. The number of amides is 1. The van der Waals surface area contributed by atoms with Gasteiger partial charge in [-0.15, -0.1) is 0 Å². The van der Waals surface area contributed by atoms with Gasteiger partial charge in [-0.05, 0) is 6.92 Å². The van der Waals surface area contributed by atoms with E-state index in [1.165, 1.54) is 18.4 Å². The van der Waals surface area contributed by atoms with Crippen LogP contribution >= 0.6 is 11.3 Å². The zero-order valence-electron chi connectivity index (χ0n) is 10.4. The minimum Gasteiger partial charge on any atom is -0.465 e. The summed E-state index contributed by atoms with van der Waals surface area (Å²) in [5, 5.41) is 3.57. The Kier molecular flexibility index (Phi) is 3.81. The van der Waals surface area contributed by atoms with Gasteiger partial charge < -0.3 is 15.0 Å². The zero-order valence-corrected chi connectivity index (χ0v) is 11.2. The molecular weight excluding hydrogens is 254 g/mol. The van der Waals surface area contributed by atoms with Crippen LogP contribution in [0.5, 0.6) is 0 Å². The quantitative estimate of drug-likeness (QED) is 0.795. The second kappa shape index (κ2) is 5.34. The van der Waals surface area contributed by atoms with Crippen molar-refractivity contribution in [3.05, 3.63) is 10.6 Å². The van der Waals surface area contributed by atoms with Gasteiger partial charge in [0.2, 0.25) is 5.91 Å². The molecule has 1 fully saturated rings. The van der Waals surface area contributed by atoms with Crippen LogP contribution in [-0.2, 0) is 9.53 Å². The molecule has 1 aromatic rings. The molecule has 2 heterocycles. The molecule has 2 rings (SSSR count). The van der Waals surface area contributed by atoms with Crippen LogP contribution in [0.15, 0.2) is 0 Å². The number of rotatable bonds is 2. The maximum Gasteiger partial charge on any atom is 0.350 e. The first-order chi connectivity index (χ1) is 8.61. The van der Waals surface area contributed by atoms with E-state index in [4.69, 9.17) is 4.74 Å². The van der Waals surface area contributed by atoms with Crippen molar-refractivity contribution in [1.29, 1.82) is 0 Å². The molecule has 0 spiro atoms. The van der Waals surface area contributed by atoms with Crippen molar-refractivity contribution >= 4 is 28.3 Å². The highest BCUT2D eigenvalue weighted by Gasteiger charge is 2.21. The standard InChI is InChI=1S/C11H15N3O3S/c1-7-9(10(16)17-2)18-11(13-7)14-5-3-8(15)12-4-6-14/h3-6H2,1-2H3,(H,12,15). The summed E-state index contributed by atoms with van der Waals surface area (Å²) in [5.74, 6) is -0.306. The highest BCUT2D eigenvalue weighted by Crippen LogP contribution is 2.26. The van der Waals surface area contributed by atoms with E-state index >= 15 is 0 Å². The number of nitrogens with zero attached hydrogens (tertiary/aromatic N) is 2. The maximum atomic E-state index is 11.5. The number of ether oxygens (including phenoxy) is 1. The van der Waals surface area contributed by atoms with Gasteiger partial charge in [-0.1, -0.05) is 11.3 Å². The number of nitrogens with one attached hydrogen (secondary N) is 1. The average Bonchev–Trinajstić information content (AvgIpc) is 2.60. The summed E-state index contributed by atoms with van der Waals surface area (Å²) >= 11 is 1.31. The smallest absolute Gasteiger partial charge is 0.350 e. The van der Waals surface area contributed by atoms with E-state index in [1.54, 1.807) is 6.92 Å². The average molecular weight is 269 g/mol. The molecule has 6 nitrogen and oxygen atoms in total. The molecule has 1 N–H and O–H groups in total. The van der Waals surface area contributed by atoms with Crippen LogP contribution in [0.3, 0.4) is 0 Å². The van der Waals surface area contributed by atoms with E-state index in [9.17, 15) is 9.59 Å². The summed E-state index contributed by atoms with van der Waals surface area (Å²) in [6.07, 6.45) is 0.451. The van der Waals surface area contributed by atoms with Gasteiger partial charge in [-0.25, -0.2) is 9.78 Å². The normalized spacial score (nSPS) is 16.1. The SMILES string of the molecule is COC(=O)c1sc(N2CCNC(=O)CC2)nc1C. The molecule has 0 aliphatic carbocycles. The van der Waals surface area contributed by atoms with Crippen molar-refractivity contribution in [3.63, 3.8) is 0 Å². The van der Waals surface area contributed by atoms with E-state index in [0.29, 0.717) is 36.6 Å². The van der Waals surface area contributed by atoms with E-state index in [1.807, 2.05) is 4.90 Å². The molecule has 0 unspecified atom stereocenters. The predicted molar refractivity (Wildman–Crippen MR) is 68.0 cm³/mol. The molecule has 98 valence electrons. The molecule has 0 bridgehead atoms. The van der Waals surface area contributed by atoms with Crippen LogP contribution in [0.2, 0.25) is 0 Å². The molecule has 0 saturated carbocycles. The Morgan fingerprint density at radius 3 is 3.00 bits per heavy atom. The third-order valence-electron chi connectivity index (χ3n) is 2.74. The lowest BCUT2D eigenvalue weighted by Gasteiger charge is -2.17. The minimum absolute atomic E-state index is 0.0546. The second-order valence-electron chi connectivity index (χ2n) is 3.99. The Bertz CT molecular complexity index is 472. The molecule has 1 saturated heterocycles. The number of aromatic nitrogens is 1. The first-order valence-electron chi connectivity index (χ1n) is 5.69. The highest BCUT2D eigenvalue weighted by atomic mass is 32.1. The van der Waals surface area contributed by atoms with Gasteiger partial charge in [0, 0.05) is 26.1 Å². The number of hydrogen-bond acceptors (Lipinski definition) is 6. The number of thiazole rings is 1. The number of hydrogen-bond donors (Lipinski definition) is 1. The third kappa shape index (κ3) is 2.61. The van der Waals surface area contributed by atoms with Gasteiger partial charge in [0.05, 0.1) is 12.8 Å². The van der Waals surface area contributed by atoms with E-state index in [-0.39, 0.29) is 11.9 Å². The second-order valence-corrected chi connectivity index (χ2v) is 4.97. The van der Waals surface area contributed by atoms with E-state index in [2.05, 4.69) is 10.3 Å². The van der Waals surface area contributed by atoms with Crippen LogP contribution in [-0.4, -0.2) is 43.6 Å². The molecule has 1 aliphatic heterocycles. The summed E-state index contributed by atoms with van der Waals surface area (Å²) in [5.41, 5.74) is 0.672. The van der Waals surface area contributed by atoms with Crippen molar-refractivity contribution < 1.29 is 14.3 Å². The topological polar surface area (TPSA) is 71.5 Å². The molecule has 7 heteroatoms. The number of carbonyl (C=O) groups is 2. The van der Waals surface area contributed by atoms with Crippen LogP contribution in [0.4, 0.5) is 5.13 Å². The molecule has 1 aromatic heterocycles. The summed E-state index contributed by atoms with van der Waals surface area (Å²) in [4.78, 5) is 29.7. The van der Waals surface area contributed by atoms with Gasteiger partial charge >= 0.3 is 5.97 Å². The molecule has 0 atom stereocenters. The zero-order chi connectivity index (χ0) is 13.1. The number of aryl methyl sites for hydroxylation is 1. The Labute approximate surface area is 109 Å². The first kappa shape index (κ1) is 12.8. The van der Waals surface area contributed by atoms with Crippen LogP contribution in [0.25, 0.3) is 0 Å². The first-order valence-corrected chi connectivity index (χ1v) is 6.51. The van der Waals surface area contributed by atoms with Crippen molar-refractivity contribution in [2.24, 2.45) is 0 Å². The Balaban J connectivity index is 2.18. The lowest BCUT2D eigenvalue weighted by Crippen LogP contribution is -2.28. The summed E-state index contributed by atoms with van der Waals surface area (Å²) in [6.45, 7) is 3.72. The highest BCUT2D eigenvalue weighted by molar-refractivity contribution is 7.17.